The van der Waals surface area contributed by atoms with Gasteiger partial charge in [0.1, 0.15) is 12.4 Å². The fraction of sp³-hybridized carbons (Fsp3) is 0.333. The molecule has 3 rings (SSSR count). The van der Waals surface area contributed by atoms with Crippen molar-refractivity contribution in [1.82, 2.24) is 4.90 Å². The minimum Gasteiger partial charge on any atom is -0.496 e. The number of hydrogen-bond acceptors (Lipinski definition) is 5. The Kier molecular flexibility index (Phi) is 6.57. The van der Waals surface area contributed by atoms with Crippen molar-refractivity contribution in [3.8, 4) is 17.2 Å². The average Bonchev–Trinajstić information content (AvgIpc) is 2.71. The summed E-state index contributed by atoms with van der Waals surface area (Å²) < 4.78 is 17.6. The number of methoxy groups -OCH3 is 1. The number of carbonyl (C=O) groups excluding carboxylic acids is 2. The first kappa shape index (κ1) is 20.2. The van der Waals surface area contributed by atoms with Crippen molar-refractivity contribution in [3.63, 3.8) is 0 Å². The van der Waals surface area contributed by atoms with E-state index in [9.17, 15) is 9.59 Å². The Morgan fingerprint density at radius 3 is 2.68 bits per heavy atom. The van der Waals surface area contributed by atoms with Crippen LogP contribution in [-0.2, 0) is 4.79 Å². The van der Waals surface area contributed by atoms with E-state index in [0.717, 1.165) is 4.47 Å². The summed E-state index contributed by atoms with van der Waals surface area (Å²) in [5, 5.41) is 0. The summed E-state index contributed by atoms with van der Waals surface area (Å²) in [7, 11) is 3.22. The van der Waals surface area contributed by atoms with E-state index >= 15 is 0 Å². The molecule has 2 aromatic carbocycles. The SMILES string of the molecule is COc1ccc(Br)cc1C(=O)CCC(=O)N(C)CC1COc2ccccc2O1. The molecule has 7 heteroatoms. The summed E-state index contributed by atoms with van der Waals surface area (Å²) in [5.74, 6) is 1.63. The first-order chi connectivity index (χ1) is 13.5. The van der Waals surface area contributed by atoms with E-state index in [-0.39, 0.29) is 30.6 Å². The Labute approximate surface area is 172 Å². The first-order valence-electron chi connectivity index (χ1n) is 8.97. The van der Waals surface area contributed by atoms with Crippen molar-refractivity contribution < 1.29 is 23.8 Å². The van der Waals surface area contributed by atoms with Crippen LogP contribution in [-0.4, -0.2) is 50.0 Å². The van der Waals surface area contributed by atoms with E-state index in [1.807, 2.05) is 24.3 Å². The van der Waals surface area contributed by atoms with Crippen LogP contribution in [0.25, 0.3) is 0 Å². The number of Topliss-reactive ketones (excluding diaryl/α,β-unsaturated/α-hetero) is 1. The summed E-state index contributed by atoms with van der Waals surface area (Å²) in [6.07, 6.45) is -0.0135. The molecule has 2 aromatic rings. The number of benzene rings is 2. The predicted molar refractivity (Wildman–Crippen MR) is 108 cm³/mol. The first-order valence-corrected chi connectivity index (χ1v) is 9.76. The largest absolute Gasteiger partial charge is 0.496 e. The number of rotatable bonds is 7. The summed E-state index contributed by atoms with van der Waals surface area (Å²) in [6, 6.07) is 12.7. The highest BCUT2D eigenvalue weighted by Gasteiger charge is 2.24. The van der Waals surface area contributed by atoms with Gasteiger partial charge >= 0.3 is 0 Å². The van der Waals surface area contributed by atoms with Crippen LogP contribution < -0.4 is 14.2 Å². The van der Waals surface area contributed by atoms with E-state index in [1.165, 1.54) is 7.11 Å². The van der Waals surface area contributed by atoms with Gasteiger partial charge in [0.25, 0.3) is 0 Å². The highest BCUT2D eigenvalue weighted by Crippen LogP contribution is 2.31. The summed E-state index contributed by atoms with van der Waals surface area (Å²) in [5.41, 5.74) is 0.466. The molecular formula is C21H22BrNO5. The zero-order valence-electron chi connectivity index (χ0n) is 15.8. The Balaban J connectivity index is 1.52. The number of ether oxygens (including phenoxy) is 3. The zero-order chi connectivity index (χ0) is 20.1. The average molecular weight is 448 g/mol. The second-order valence-electron chi connectivity index (χ2n) is 6.54. The van der Waals surface area contributed by atoms with Gasteiger partial charge in [0.05, 0.1) is 19.2 Å². The maximum absolute atomic E-state index is 12.5. The molecule has 0 aliphatic carbocycles. The number of nitrogens with zero attached hydrogens (tertiary/aromatic N) is 1. The standard InChI is InChI=1S/C21H22BrNO5/c1-23(12-15-13-27-19-5-3-4-6-20(19)28-15)21(25)10-8-17(24)16-11-14(22)7-9-18(16)26-2/h3-7,9,11,15H,8,10,12-13H2,1-2H3. The van der Waals surface area contributed by atoms with Crippen LogP contribution in [0, 0.1) is 0 Å². The molecule has 0 radical (unpaired) electrons. The molecule has 0 aromatic heterocycles. The Hall–Kier alpha value is -2.54. The van der Waals surface area contributed by atoms with Crippen LogP contribution in [0.4, 0.5) is 0 Å². The van der Waals surface area contributed by atoms with Crippen LogP contribution >= 0.6 is 15.9 Å². The fourth-order valence-electron chi connectivity index (χ4n) is 3.00. The van der Waals surface area contributed by atoms with E-state index < -0.39 is 0 Å². The summed E-state index contributed by atoms with van der Waals surface area (Å²) in [4.78, 5) is 26.5. The molecule has 0 spiro atoms. The van der Waals surface area contributed by atoms with Gasteiger partial charge in [-0.1, -0.05) is 28.1 Å². The molecule has 0 N–H and O–H groups in total. The molecule has 0 fully saturated rings. The molecule has 28 heavy (non-hydrogen) atoms. The summed E-state index contributed by atoms with van der Waals surface area (Å²) >= 11 is 3.36. The molecule has 0 saturated heterocycles. The van der Waals surface area contributed by atoms with Crippen molar-refractivity contribution in [2.24, 2.45) is 0 Å². The van der Waals surface area contributed by atoms with E-state index in [1.54, 1.807) is 30.1 Å². The van der Waals surface area contributed by atoms with Crippen LogP contribution in [0.2, 0.25) is 0 Å². The van der Waals surface area contributed by atoms with E-state index in [0.29, 0.717) is 36.0 Å². The number of halogens is 1. The van der Waals surface area contributed by atoms with Crippen LogP contribution in [0.5, 0.6) is 17.2 Å². The van der Waals surface area contributed by atoms with Crippen LogP contribution in [0.3, 0.4) is 0 Å². The van der Waals surface area contributed by atoms with Gasteiger partial charge in [0.2, 0.25) is 5.91 Å². The molecule has 1 aliphatic heterocycles. The van der Waals surface area contributed by atoms with Gasteiger partial charge in [-0.15, -0.1) is 0 Å². The lowest BCUT2D eigenvalue weighted by Crippen LogP contribution is -2.41. The van der Waals surface area contributed by atoms with Gasteiger partial charge in [-0.2, -0.15) is 0 Å². The van der Waals surface area contributed by atoms with Crippen molar-refractivity contribution >= 4 is 27.6 Å². The molecule has 1 atom stereocenters. The zero-order valence-corrected chi connectivity index (χ0v) is 17.4. The Bertz CT molecular complexity index is 870. The van der Waals surface area contributed by atoms with Gasteiger partial charge in [0, 0.05) is 24.4 Å². The topological polar surface area (TPSA) is 65.1 Å². The van der Waals surface area contributed by atoms with Crippen molar-refractivity contribution in [2.45, 2.75) is 18.9 Å². The highest BCUT2D eigenvalue weighted by molar-refractivity contribution is 9.10. The highest BCUT2D eigenvalue weighted by atomic mass is 79.9. The number of para-hydroxylation sites is 2. The van der Waals surface area contributed by atoms with Gasteiger partial charge in [-0.25, -0.2) is 0 Å². The molecule has 6 nitrogen and oxygen atoms in total. The minimum absolute atomic E-state index is 0.112. The van der Waals surface area contributed by atoms with Gasteiger partial charge in [-0.05, 0) is 30.3 Å². The second-order valence-corrected chi connectivity index (χ2v) is 7.46. The normalized spacial score (nSPS) is 15.0. The molecule has 1 heterocycles. The number of carbonyl (C=O) groups is 2. The number of hydrogen-bond donors (Lipinski definition) is 0. The third-order valence-corrected chi connectivity index (χ3v) is 4.99. The Morgan fingerprint density at radius 2 is 1.93 bits per heavy atom. The molecule has 0 bridgehead atoms. The number of amides is 1. The lowest BCUT2D eigenvalue weighted by molar-refractivity contribution is -0.131. The lowest BCUT2D eigenvalue weighted by Gasteiger charge is -2.29. The smallest absolute Gasteiger partial charge is 0.222 e. The third-order valence-electron chi connectivity index (χ3n) is 4.50. The van der Waals surface area contributed by atoms with Gasteiger partial charge in [0.15, 0.2) is 23.4 Å². The van der Waals surface area contributed by atoms with Gasteiger partial charge in [-0.3, -0.25) is 9.59 Å². The molecule has 1 aliphatic rings. The van der Waals surface area contributed by atoms with Crippen molar-refractivity contribution in [1.29, 1.82) is 0 Å². The second kappa shape index (κ2) is 9.10. The van der Waals surface area contributed by atoms with Crippen LogP contribution in [0.1, 0.15) is 23.2 Å². The number of fused-ring (bicyclic) bond motifs is 1. The predicted octanol–water partition coefficient (Wildman–Crippen LogP) is 3.72. The quantitative estimate of drug-likeness (QED) is 0.605. The molecule has 0 saturated carbocycles. The number of likely N-dealkylation sites (N-methyl/N-ethyl adjacent to an activating group) is 1. The van der Waals surface area contributed by atoms with Crippen LogP contribution in [0.15, 0.2) is 46.9 Å². The van der Waals surface area contributed by atoms with E-state index in [4.69, 9.17) is 14.2 Å². The van der Waals surface area contributed by atoms with Gasteiger partial charge < -0.3 is 19.1 Å². The molecule has 1 amide bonds. The minimum atomic E-state index is -0.246. The number of ketones is 1. The molecular weight excluding hydrogens is 426 g/mol. The third kappa shape index (κ3) is 4.84. The molecule has 148 valence electrons. The summed E-state index contributed by atoms with van der Waals surface area (Å²) in [6.45, 7) is 0.768. The fourth-order valence-corrected chi connectivity index (χ4v) is 3.37. The monoisotopic (exact) mass is 447 g/mol. The van der Waals surface area contributed by atoms with Crippen molar-refractivity contribution in [3.05, 3.63) is 52.5 Å². The van der Waals surface area contributed by atoms with Crippen molar-refractivity contribution in [2.75, 3.05) is 27.3 Å². The van der Waals surface area contributed by atoms with E-state index in [2.05, 4.69) is 15.9 Å². The molecule has 1 unspecified atom stereocenters. The maximum atomic E-state index is 12.5. The lowest BCUT2D eigenvalue weighted by atomic mass is 10.1. The Morgan fingerprint density at radius 1 is 1.18 bits per heavy atom. The maximum Gasteiger partial charge on any atom is 0.222 e.